The quantitative estimate of drug-likeness (QED) is 0.851. The molecule has 0 bridgehead atoms. The van der Waals surface area contributed by atoms with Gasteiger partial charge < -0.3 is 10.1 Å². The Bertz CT molecular complexity index is 743. The van der Waals surface area contributed by atoms with Crippen molar-refractivity contribution in [1.82, 2.24) is 9.97 Å². The molecule has 5 nitrogen and oxygen atoms in total. The van der Waals surface area contributed by atoms with E-state index in [1.165, 1.54) is 6.20 Å². The fourth-order valence-electron chi connectivity index (χ4n) is 1.47. The molecule has 2 N–H and O–H groups in total. The number of halogens is 3. The first-order valence-electron chi connectivity index (χ1n) is 5.45. The van der Waals surface area contributed by atoms with Gasteiger partial charge in [-0.2, -0.15) is 13.2 Å². The molecule has 0 spiro atoms. The van der Waals surface area contributed by atoms with Crippen LogP contribution in [0.4, 0.5) is 13.2 Å². The molecule has 0 fully saturated rings. The van der Waals surface area contributed by atoms with Crippen LogP contribution in [-0.4, -0.2) is 21.0 Å². The minimum absolute atomic E-state index is 0.0462. The average Bonchev–Trinajstić information content (AvgIpc) is 2.37. The van der Waals surface area contributed by atoms with Crippen LogP contribution in [0.5, 0.6) is 0 Å². The zero-order valence-electron chi connectivity index (χ0n) is 10.1. The number of benzene rings is 1. The molecule has 0 aliphatic rings. The van der Waals surface area contributed by atoms with Crippen LogP contribution in [-0.2, 0) is 6.18 Å². The van der Waals surface area contributed by atoms with Gasteiger partial charge in [-0.15, -0.1) is 0 Å². The number of alkyl halides is 3. The summed E-state index contributed by atoms with van der Waals surface area (Å²) in [6.07, 6.45) is -3.42. The highest BCUT2D eigenvalue weighted by Crippen LogP contribution is 2.34. The number of nitrogens with zero attached hydrogens (tertiary/aromatic N) is 1. The van der Waals surface area contributed by atoms with Crippen molar-refractivity contribution in [3.8, 4) is 0 Å². The maximum atomic E-state index is 12.6. The zero-order valence-corrected chi connectivity index (χ0v) is 11.0. The Morgan fingerprint density at radius 2 is 2.00 bits per heavy atom. The van der Waals surface area contributed by atoms with E-state index in [9.17, 15) is 22.8 Å². The van der Waals surface area contributed by atoms with Gasteiger partial charge >= 0.3 is 12.1 Å². The molecular formula is C12H7F3N2O3S. The van der Waals surface area contributed by atoms with Gasteiger partial charge in [0.05, 0.1) is 11.1 Å². The molecule has 0 amide bonds. The maximum Gasteiger partial charge on any atom is 0.416 e. The molecule has 1 aromatic carbocycles. The Labute approximate surface area is 119 Å². The molecule has 110 valence electrons. The summed E-state index contributed by atoms with van der Waals surface area (Å²) in [6, 6.07) is 3.51. The molecule has 21 heavy (non-hydrogen) atoms. The third kappa shape index (κ3) is 3.63. The van der Waals surface area contributed by atoms with Crippen molar-refractivity contribution in [3.63, 3.8) is 0 Å². The molecule has 2 aromatic rings. The van der Waals surface area contributed by atoms with Crippen molar-refractivity contribution in [2.45, 2.75) is 16.2 Å². The minimum Gasteiger partial charge on any atom is -0.478 e. The molecule has 0 radical (unpaired) electrons. The van der Waals surface area contributed by atoms with Gasteiger partial charge in [-0.3, -0.25) is 4.79 Å². The number of carbonyl (C=O) groups is 1. The summed E-state index contributed by atoms with van der Waals surface area (Å²) in [5.41, 5.74) is -2.02. The highest BCUT2D eigenvalue weighted by atomic mass is 32.2. The van der Waals surface area contributed by atoms with E-state index < -0.39 is 28.8 Å². The number of rotatable bonds is 3. The van der Waals surface area contributed by atoms with E-state index in [1.54, 1.807) is 0 Å². The Hall–Kier alpha value is -2.29. The number of hydrogen-bond acceptors (Lipinski definition) is 4. The maximum absolute atomic E-state index is 12.6. The van der Waals surface area contributed by atoms with E-state index in [2.05, 4.69) is 9.97 Å². The second kappa shape index (κ2) is 5.60. The summed E-state index contributed by atoms with van der Waals surface area (Å²) in [5.74, 6) is -1.50. The highest BCUT2D eigenvalue weighted by Gasteiger charge is 2.32. The van der Waals surface area contributed by atoms with Crippen molar-refractivity contribution in [2.24, 2.45) is 0 Å². The van der Waals surface area contributed by atoms with Gasteiger partial charge in [0.15, 0.2) is 5.16 Å². The topological polar surface area (TPSA) is 83.0 Å². The van der Waals surface area contributed by atoms with Gasteiger partial charge in [0, 0.05) is 17.2 Å². The van der Waals surface area contributed by atoms with Crippen molar-refractivity contribution in [2.75, 3.05) is 0 Å². The van der Waals surface area contributed by atoms with E-state index in [0.29, 0.717) is 6.07 Å². The molecule has 2 rings (SSSR count). The summed E-state index contributed by atoms with van der Waals surface area (Å²) in [4.78, 5) is 28.4. The number of carboxylic acid groups (broad SMARTS) is 1. The molecule has 0 aliphatic carbocycles. The third-order valence-electron chi connectivity index (χ3n) is 2.39. The molecule has 1 aromatic heterocycles. The Morgan fingerprint density at radius 3 is 2.57 bits per heavy atom. The van der Waals surface area contributed by atoms with Gasteiger partial charge in [0.25, 0.3) is 5.56 Å². The SMILES string of the molecule is O=C(O)c1cc(C(F)(F)F)ccc1Sc1nccc(=O)[nH]1. The first-order chi connectivity index (χ1) is 9.77. The number of aromatic carboxylic acids is 1. The number of nitrogens with one attached hydrogen (secondary N) is 1. The van der Waals surface area contributed by atoms with E-state index in [0.717, 1.165) is 30.0 Å². The average molecular weight is 316 g/mol. The second-order valence-corrected chi connectivity index (χ2v) is 4.89. The third-order valence-corrected chi connectivity index (χ3v) is 3.37. The van der Waals surface area contributed by atoms with Crippen molar-refractivity contribution in [1.29, 1.82) is 0 Å². The monoisotopic (exact) mass is 316 g/mol. The molecule has 0 atom stereocenters. The van der Waals surface area contributed by atoms with Crippen molar-refractivity contribution in [3.05, 3.63) is 51.9 Å². The summed E-state index contributed by atoms with van der Waals surface area (Å²) in [5, 5.41) is 9.10. The summed E-state index contributed by atoms with van der Waals surface area (Å²) < 4.78 is 37.7. The van der Waals surface area contributed by atoms with Crippen LogP contribution in [0.2, 0.25) is 0 Å². The fraction of sp³-hybridized carbons (Fsp3) is 0.0833. The normalized spacial score (nSPS) is 11.4. The number of carboxylic acids is 1. The van der Waals surface area contributed by atoms with Crippen LogP contribution in [0.1, 0.15) is 15.9 Å². The van der Waals surface area contributed by atoms with Crippen molar-refractivity contribution >= 4 is 17.7 Å². The minimum atomic E-state index is -4.63. The van der Waals surface area contributed by atoms with Gasteiger partial charge in [-0.05, 0) is 18.2 Å². The smallest absolute Gasteiger partial charge is 0.416 e. The van der Waals surface area contributed by atoms with Crippen LogP contribution < -0.4 is 5.56 Å². The second-order valence-electron chi connectivity index (χ2n) is 3.86. The first-order valence-corrected chi connectivity index (χ1v) is 6.27. The lowest BCUT2D eigenvalue weighted by atomic mass is 10.1. The summed E-state index contributed by atoms with van der Waals surface area (Å²) in [7, 11) is 0. The first kappa shape index (κ1) is 15.1. The lowest BCUT2D eigenvalue weighted by Crippen LogP contribution is -2.09. The van der Waals surface area contributed by atoms with Crippen LogP contribution >= 0.6 is 11.8 Å². The summed E-state index contributed by atoms with van der Waals surface area (Å²) in [6.45, 7) is 0. The van der Waals surface area contributed by atoms with Crippen LogP contribution in [0.3, 0.4) is 0 Å². The Kier molecular flexibility index (Phi) is 4.03. The molecule has 0 saturated heterocycles. The Morgan fingerprint density at radius 1 is 1.29 bits per heavy atom. The molecule has 9 heteroatoms. The number of aromatic amines is 1. The van der Waals surface area contributed by atoms with Gasteiger partial charge in [-0.1, -0.05) is 11.8 Å². The molecule has 0 unspecified atom stereocenters. The van der Waals surface area contributed by atoms with Gasteiger partial charge in [0.2, 0.25) is 0 Å². The predicted octanol–water partition coefficient (Wildman–Crippen LogP) is 2.64. The van der Waals surface area contributed by atoms with Crippen LogP contribution in [0.25, 0.3) is 0 Å². The Balaban J connectivity index is 2.44. The molecule has 0 saturated carbocycles. The van der Waals surface area contributed by atoms with Gasteiger partial charge in [0.1, 0.15) is 0 Å². The molecule has 1 heterocycles. The van der Waals surface area contributed by atoms with Crippen LogP contribution in [0.15, 0.2) is 45.3 Å². The van der Waals surface area contributed by atoms with E-state index in [-0.39, 0.29) is 10.1 Å². The summed E-state index contributed by atoms with van der Waals surface area (Å²) >= 11 is 0.761. The largest absolute Gasteiger partial charge is 0.478 e. The highest BCUT2D eigenvalue weighted by molar-refractivity contribution is 7.99. The fourth-order valence-corrected chi connectivity index (χ4v) is 2.34. The zero-order chi connectivity index (χ0) is 15.6. The lowest BCUT2D eigenvalue weighted by Gasteiger charge is -2.10. The predicted molar refractivity (Wildman–Crippen MR) is 67.4 cm³/mol. The van der Waals surface area contributed by atoms with E-state index >= 15 is 0 Å². The standard InChI is InChI=1S/C12H7F3N2O3S/c13-12(14,15)6-1-2-8(7(5-6)10(19)20)21-11-16-4-3-9(18)17-11/h1-5H,(H,19,20)(H,16,17,18). The number of H-pyrrole nitrogens is 1. The molecule has 0 aliphatic heterocycles. The number of hydrogen-bond donors (Lipinski definition) is 2. The van der Waals surface area contributed by atoms with E-state index in [4.69, 9.17) is 5.11 Å². The van der Waals surface area contributed by atoms with Gasteiger partial charge in [-0.25, -0.2) is 9.78 Å². The lowest BCUT2D eigenvalue weighted by molar-refractivity contribution is -0.137. The number of aromatic nitrogens is 2. The molecular weight excluding hydrogens is 309 g/mol. The van der Waals surface area contributed by atoms with E-state index in [1.807, 2.05) is 0 Å². The van der Waals surface area contributed by atoms with Crippen molar-refractivity contribution < 1.29 is 23.1 Å². The van der Waals surface area contributed by atoms with Crippen LogP contribution in [0, 0.1) is 0 Å².